The Morgan fingerprint density at radius 3 is 2.10 bits per heavy atom. The van der Waals surface area contributed by atoms with E-state index in [-0.39, 0.29) is 6.20 Å². The van der Waals surface area contributed by atoms with Crippen molar-refractivity contribution in [3.63, 3.8) is 0 Å². The van der Waals surface area contributed by atoms with Crippen LogP contribution in [0.25, 0.3) is 0 Å². The van der Waals surface area contributed by atoms with Crippen molar-refractivity contribution in [3.8, 4) is 5.75 Å². The molecule has 0 aliphatic heterocycles. The van der Waals surface area contributed by atoms with Gasteiger partial charge in [-0.15, -0.1) is 13.2 Å². The average molecular weight is 423 g/mol. The average Bonchev–Trinajstić information content (AvgIpc) is 2.22. The summed E-state index contributed by atoms with van der Waals surface area (Å²) in [6, 6.07) is 0. The van der Waals surface area contributed by atoms with Gasteiger partial charge in [0, 0.05) is 21.6 Å². The molecule has 0 aliphatic carbocycles. The first-order chi connectivity index (χ1) is 9.27. The van der Waals surface area contributed by atoms with Crippen LogP contribution in [0.5, 0.6) is 5.75 Å². The molecule has 0 atom stereocenters. The maximum absolute atomic E-state index is 12.7. The number of halogens is 8. The van der Waals surface area contributed by atoms with Gasteiger partial charge in [0.1, 0.15) is 10.6 Å². The minimum absolute atomic E-state index is 0.00225. The number of rotatable bonds is 3. The lowest BCUT2D eigenvalue weighted by atomic mass is 10.2. The standard InChI is InChI=1S/C8H3BrClF6NO3S/c9-1-3-5(21(10,18)19)4(20-8(14,15)16)2-17-6(3)7(11,12)13/h2H,1H2. The summed E-state index contributed by atoms with van der Waals surface area (Å²) < 4.78 is 100. The van der Waals surface area contributed by atoms with E-state index in [9.17, 15) is 34.8 Å². The number of ether oxygens (including phenoxy) is 1. The number of nitrogens with zero attached hydrogens (tertiary/aromatic N) is 1. The van der Waals surface area contributed by atoms with Crippen molar-refractivity contribution in [3.05, 3.63) is 17.5 Å². The van der Waals surface area contributed by atoms with Gasteiger partial charge in [0.25, 0.3) is 9.05 Å². The zero-order chi connectivity index (χ0) is 16.6. The second-order valence-corrected chi connectivity index (χ2v) is 6.46. The monoisotopic (exact) mass is 421 g/mol. The summed E-state index contributed by atoms with van der Waals surface area (Å²) >= 11 is 2.56. The van der Waals surface area contributed by atoms with Gasteiger partial charge < -0.3 is 4.74 Å². The number of aromatic nitrogens is 1. The van der Waals surface area contributed by atoms with E-state index in [0.29, 0.717) is 0 Å². The lowest BCUT2D eigenvalue weighted by Crippen LogP contribution is -2.21. The summed E-state index contributed by atoms with van der Waals surface area (Å²) in [6.07, 6.45) is -10.4. The lowest BCUT2D eigenvalue weighted by molar-refractivity contribution is -0.275. The summed E-state index contributed by atoms with van der Waals surface area (Å²) in [5, 5.41) is -0.759. The maximum atomic E-state index is 12.7. The molecule has 0 aliphatic rings. The number of hydrogen-bond acceptors (Lipinski definition) is 4. The fraction of sp³-hybridized carbons (Fsp3) is 0.375. The zero-order valence-electron chi connectivity index (χ0n) is 9.39. The zero-order valence-corrected chi connectivity index (χ0v) is 12.5. The Hall–Kier alpha value is -0.750. The Morgan fingerprint density at radius 2 is 1.76 bits per heavy atom. The van der Waals surface area contributed by atoms with Crippen LogP contribution in [0.3, 0.4) is 0 Å². The van der Waals surface area contributed by atoms with E-state index in [2.05, 4.69) is 25.7 Å². The van der Waals surface area contributed by atoms with Crippen LogP contribution in [0.15, 0.2) is 11.1 Å². The molecule has 0 N–H and O–H groups in total. The normalized spacial score (nSPS) is 13.3. The van der Waals surface area contributed by atoms with E-state index in [1.54, 1.807) is 0 Å². The summed E-state index contributed by atoms with van der Waals surface area (Å²) in [5.41, 5.74) is -2.77. The molecule has 0 aromatic carbocycles. The molecule has 0 saturated heterocycles. The van der Waals surface area contributed by atoms with E-state index in [4.69, 9.17) is 10.7 Å². The highest BCUT2D eigenvalue weighted by molar-refractivity contribution is 9.08. The summed E-state index contributed by atoms with van der Waals surface area (Å²) in [6.45, 7) is 0. The molecule has 1 aromatic rings. The molecule has 0 radical (unpaired) electrons. The lowest BCUT2D eigenvalue weighted by Gasteiger charge is -2.17. The van der Waals surface area contributed by atoms with Crippen LogP contribution in [0.1, 0.15) is 11.3 Å². The Labute approximate surface area is 126 Å². The minimum Gasteiger partial charge on any atom is -0.403 e. The van der Waals surface area contributed by atoms with E-state index in [1.165, 1.54) is 0 Å². The highest BCUT2D eigenvalue weighted by Gasteiger charge is 2.41. The number of alkyl halides is 7. The molecule has 0 amide bonds. The molecule has 21 heavy (non-hydrogen) atoms. The van der Waals surface area contributed by atoms with Crippen molar-refractivity contribution in [1.82, 2.24) is 4.98 Å². The molecule has 1 heterocycles. The SMILES string of the molecule is O=S(=O)(Cl)c1c(OC(F)(F)F)cnc(C(F)(F)F)c1CBr. The van der Waals surface area contributed by atoms with Crippen molar-refractivity contribution in [2.75, 3.05) is 0 Å². The van der Waals surface area contributed by atoms with Gasteiger partial charge in [0.2, 0.25) is 0 Å². The summed E-state index contributed by atoms with van der Waals surface area (Å²) in [5.74, 6) is -1.44. The van der Waals surface area contributed by atoms with Crippen LogP contribution in [0.2, 0.25) is 0 Å². The molecule has 4 nitrogen and oxygen atoms in total. The van der Waals surface area contributed by atoms with Crippen molar-refractivity contribution in [2.24, 2.45) is 0 Å². The van der Waals surface area contributed by atoms with Crippen LogP contribution in [-0.2, 0) is 20.6 Å². The first-order valence-corrected chi connectivity index (χ1v) is 8.06. The Kier molecular flexibility index (Phi) is 5.05. The van der Waals surface area contributed by atoms with Gasteiger partial charge in [-0.2, -0.15) is 13.2 Å². The largest absolute Gasteiger partial charge is 0.573 e. The third-order valence-electron chi connectivity index (χ3n) is 1.97. The quantitative estimate of drug-likeness (QED) is 0.422. The van der Waals surface area contributed by atoms with Crippen molar-refractivity contribution >= 4 is 35.7 Å². The second-order valence-electron chi connectivity index (χ2n) is 3.40. The molecular weight excluding hydrogens is 420 g/mol. The molecule has 0 saturated carbocycles. The van der Waals surface area contributed by atoms with Gasteiger partial charge in [-0.1, -0.05) is 15.9 Å². The van der Waals surface area contributed by atoms with Gasteiger partial charge in [-0.3, -0.25) is 0 Å². The predicted molar refractivity (Wildman–Crippen MR) is 61.6 cm³/mol. The van der Waals surface area contributed by atoms with E-state index in [1.807, 2.05) is 0 Å². The van der Waals surface area contributed by atoms with Crippen LogP contribution in [0, 0.1) is 0 Å². The van der Waals surface area contributed by atoms with Gasteiger partial charge >= 0.3 is 12.5 Å². The third kappa shape index (κ3) is 4.61. The van der Waals surface area contributed by atoms with Gasteiger partial charge in [0.15, 0.2) is 5.75 Å². The van der Waals surface area contributed by atoms with Crippen molar-refractivity contribution in [1.29, 1.82) is 0 Å². The highest BCUT2D eigenvalue weighted by Crippen LogP contribution is 2.40. The topological polar surface area (TPSA) is 56.3 Å². The number of hydrogen-bond donors (Lipinski definition) is 0. The molecule has 120 valence electrons. The van der Waals surface area contributed by atoms with Crippen LogP contribution in [0.4, 0.5) is 26.3 Å². The van der Waals surface area contributed by atoms with Crippen LogP contribution in [-0.4, -0.2) is 19.8 Å². The highest BCUT2D eigenvalue weighted by atomic mass is 79.9. The Bertz CT molecular complexity index is 645. The predicted octanol–water partition coefficient (Wildman–Crippen LogP) is 3.82. The summed E-state index contributed by atoms with van der Waals surface area (Å²) in [7, 11) is -0.0467. The molecule has 0 unspecified atom stereocenters. The van der Waals surface area contributed by atoms with E-state index < -0.39 is 48.8 Å². The smallest absolute Gasteiger partial charge is 0.403 e. The maximum Gasteiger partial charge on any atom is 0.573 e. The fourth-order valence-corrected chi connectivity index (χ4v) is 3.39. The van der Waals surface area contributed by atoms with E-state index >= 15 is 0 Å². The molecular formula is C8H3BrClF6NO3S. The first-order valence-electron chi connectivity index (χ1n) is 4.63. The molecule has 13 heteroatoms. The Morgan fingerprint density at radius 1 is 1.24 bits per heavy atom. The van der Waals surface area contributed by atoms with Crippen LogP contribution < -0.4 is 4.74 Å². The molecule has 0 bridgehead atoms. The molecule has 0 spiro atoms. The van der Waals surface area contributed by atoms with Gasteiger partial charge in [-0.05, 0) is 0 Å². The number of pyridine rings is 1. The fourth-order valence-electron chi connectivity index (χ4n) is 1.35. The molecule has 0 fully saturated rings. The first kappa shape index (κ1) is 18.3. The second kappa shape index (κ2) is 5.80. The van der Waals surface area contributed by atoms with Gasteiger partial charge in [0.05, 0.1) is 6.20 Å². The van der Waals surface area contributed by atoms with Crippen LogP contribution >= 0.6 is 26.6 Å². The third-order valence-corrected chi connectivity index (χ3v) is 3.93. The molecule has 1 rings (SSSR count). The van der Waals surface area contributed by atoms with Crippen molar-refractivity contribution < 1.29 is 39.5 Å². The minimum atomic E-state index is -5.33. The molecule has 1 aromatic heterocycles. The van der Waals surface area contributed by atoms with Crippen molar-refractivity contribution in [2.45, 2.75) is 22.8 Å². The summed E-state index contributed by atoms with van der Waals surface area (Å²) in [4.78, 5) is 1.33. The van der Waals surface area contributed by atoms with E-state index in [0.717, 1.165) is 0 Å². The van der Waals surface area contributed by atoms with Gasteiger partial charge in [-0.25, -0.2) is 13.4 Å². The Balaban J connectivity index is 3.72.